The van der Waals surface area contributed by atoms with E-state index in [9.17, 15) is 18.4 Å². The van der Waals surface area contributed by atoms with E-state index >= 15 is 0 Å². The summed E-state index contributed by atoms with van der Waals surface area (Å²) < 4.78 is 26.3. The fourth-order valence-corrected chi connectivity index (χ4v) is 1.69. The number of fused-ring (bicyclic) bond motifs is 1. The van der Waals surface area contributed by atoms with E-state index < -0.39 is 29.5 Å². The molecule has 0 spiro atoms. The predicted molar refractivity (Wildman–Crippen MR) is 54.9 cm³/mol. The van der Waals surface area contributed by atoms with Crippen molar-refractivity contribution in [2.45, 2.75) is 6.04 Å². The monoisotopic (exact) mass is 241 g/mol. The van der Waals surface area contributed by atoms with Gasteiger partial charge in [-0.05, 0) is 6.07 Å². The summed E-state index contributed by atoms with van der Waals surface area (Å²) in [6.45, 7) is -0.254. The highest BCUT2D eigenvalue weighted by molar-refractivity contribution is 6.02. The number of carbonyl (C=O) groups is 2. The third-order valence-electron chi connectivity index (χ3n) is 2.39. The molecular weight excluding hydrogens is 232 g/mol. The number of nitrogens with two attached hydrogens (primary N) is 1. The molecule has 90 valence electrons. The standard InChI is InChI=1S/C10H9F2N3O2/c11-4-1-5-8(6(12)2-4)15-10(17)9(5)14-3-7(13)16/h1-2,9,14H,3H2,(H2,13,16)(H,15,17). The number of rotatable bonds is 3. The molecule has 0 saturated heterocycles. The largest absolute Gasteiger partial charge is 0.369 e. The van der Waals surface area contributed by atoms with Crippen molar-refractivity contribution in [3.8, 4) is 0 Å². The average molecular weight is 241 g/mol. The van der Waals surface area contributed by atoms with Crippen LogP contribution in [0.3, 0.4) is 0 Å². The summed E-state index contributed by atoms with van der Waals surface area (Å²) in [5, 5.41) is 4.79. The molecule has 1 heterocycles. The lowest BCUT2D eigenvalue weighted by Gasteiger charge is -2.09. The molecule has 0 aromatic heterocycles. The third-order valence-corrected chi connectivity index (χ3v) is 2.39. The molecule has 1 aliphatic heterocycles. The minimum absolute atomic E-state index is 0.0710. The summed E-state index contributed by atoms with van der Waals surface area (Å²) in [6.07, 6.45) is 0. The molecule has 4 N–H and O–H groups in total. The molecule has 2 rings (SSSR count). The number of carbonyl (C=O) groups excluding carboxylic acids is 2. The van der Waals surface area contributed by atoms with Gasteiger partial charge in [-0.15, -0.1) is 0 Å². The Labute approximate surface area is 95.0 Å². The molecule has 0 bridgehead atoms. The minimum Gasteiger partial charge on any atom is -0.369 e. The van der Waals surface area contributed by atoms with Crippen LogP contribution in [-0.4, -0.2) is 18.4 Å². The lowest BCUT2D eigenvalue weighted by Crippen LogP contribution is -2.34. The van der Waals surface area contributed by atoms with Crippen LogP contribution in [0.25, 0.3) is 0 Å². The average Bonchev–Trinajstić information content (AvgIpc) is 2.52. The van der Waals surface area contributed by atoms with E-state index in [1.54, 1.807) is 0 Å². The molecular formula is C10H9F2N3O2. The van der Waals surface area contributed by atoms with Gasteiger partial charge in [-0.1, -0.05) is 0 Å². The van der Waals surface area contributed by atoms with Crippen LogP contribution in [0.5, 0.6) is 0 Å². The summed E-state index contributed by atoms with van der Waals surface area (Å²) in [4.78, 5) is 22.1. The smallest absolute Gasteiger partial charge is 0.246 e. The van der Waals surface area contributed by atoms with Gasteiger partial charge >= 0.3 is 0 Å². The first-order valence-corrected chi connectivity index (χ1v) is 4.80. The second-order valence-corrected chi connectivity index (χ2v) is 3.62. The van der Waals surface area contributed by atoms with Gasteiger partial charge in [0.25, 0.3) is 0 Å². The summed E-state index contributed by atoms with van der Waals surface area (Å²) in [7, 11) is 0. The van der Waals surface area contributed by atoms with Crippen LogP contribution in [0.15, 0.2) is 12.1 Å². The van der Waals surface area contributed by atoms with Gasteiger partial charge in [-0.2, -0.15) is 0 Å². The van der Waals surface area contributed by atoms with Gasteiger partial charge in [0.15, 0.2) is 0 Å². The van der Waals surface area contributed by atoms with Crippen molar-refractivity contribution in [3.63, 3.8) is 0 Å². The highest BCUT2D eigenvalue weighted by Gasteiger charge is 2.33. The van der Waals surface area contributed by atoms with E-state index in [2.05, 4.69) is 10.6 Å². The van der Waals surface area contributed by atoms with E-state index in [1.807, 2.05) is 0 Å². The first-order chi connectivity index (χ1) is 7.99. The SMILES string of the molecule is NC(=O)CNC1C(=O)Nc2c(F)cc(F)cc21. The number of amides is 2. The van der Waals surface area contributed by atoms with Crippen molar-refractivity contribution < 1.29 is 18.4 Å². The Morgan fingerprint density at radius 2 is 2.18 bits per heavy atom. The second kappa shape index (κ2) is 4.10. The van der Waals surface area contributed by atoms with Crippen LogP contribution >= 0.6 is 0 Å². The maximum absolute atomic E-state index is 13.3. The van der Waals surface area contributed by atoms with Crippen LogP contribution in [0.4, 0.5) is 14.5 Å². The van der Waals surface area contributed by atoms with Crippen LogP contribution in [0.1, 0.15) is 11.6 Å². The fourth-order valence-electron chi connectivity index (χ4n) is 1.69. The van der Waals surface area contributed by atoms with Crippen molar-refractivity contribution >= 4 is 17.5 Å². The van der Waals surface area contributed by atoms with E-state index in [0.29, 0.717) is 6.07 Å². The van der Waals surface area contributed by atoms with Gasteiger partial charge in [0.1, 0.15) is 17.7 Å². The van der Waals surface area contributed by atoms with Crippen molar-refractivity contribution in [3.05, 3.63) is 29.3 Å². The van der Waals surface area contributed by atoms with Crippen molar-refractivity contribution in [2.75, 3.05) is 11.9 Å². The highest BCUT2D eigenvalue weighted by atomic mass is 19.1. The van der Waals surface area contributed by atoms with Crippen molar-refractivity contribution in [2.24, 2.45) is 5.73 Å². The molecule has 1 atom stereocenters. The minimum atomic E-state index is -0.970. The molecule has 1 aromatic rings. The fraction of sp³-hybridized carbons (Fsp3) is 0.200. The lowest BCUT2D eigenvalue weighted by atomic mass is 10.1. The van der Waals surface area contributed by atoms with Crippen LogP contribution in [0.2, 0.25) is 0 Å². The Hall–Kier alpha value is -2.02. The number of hydrogen-bond donors (Lipinski definition) is 3. The van der Waals surface area contributed by atoms with E-state index in [1.165, 1.54) is 0 Å². The van der Waals surface area contributed by atoms with Gasteiger partial charge in [0.05, 0.1) is 12.2 Å². The number of nitrogens with one attached hydrogen (secondary N) is 2. The molecule has 1 aliphatic rings. The lowest BCUT2D eigenvalue weighted by molar-refractivity contribution is -0.119. The maximum atomic E-state index is 13.3. The molecule has 0 saturated carbocycles. The predicted octanol–water partition coefficient (Wildman–Crippen LogP) is 0.0329. The molecule has 1 aromatic carbocycles. The molecule has 2 amide bonds. The molecule has 0 aliphatic carbocycles. The molecule has 7 heteroatoms. The van der Waals surface area contributed by atoms with Gasteiger partial charge in [-0.3, -0.25) is 14.9 Å². The summed E-state index contributed by atoms with van der Waals surface area (Å²) in [5.41, 5.74) is 4.98. The Bertz CT molecular complexity index is 505. The maximum Gasteiger partial charge on any atom is 0.246 e. The van der Waals surface area contributed by atoms with Crippen molar-refractivity contribution in [1.82, 2.24) is 5.32 Å². The summed E-state index contributed by atoms with van der Waals surface area (Å²) >= 11 is 0. The first kappa shape index (κ1) is 11.5. The van der Waals surface area contributed by atoms with Crippen LogP contribution in [-0.2, 0) is 9.59 Å². The van der Waals surface area contributed by atoms with Crippen LogP contribution < -0.4 is 16.4 Å². The normalized spacial score (nSPS) is 17.8. The van der Waals surface area contributed by atoms with E-state index in [0.717, 1.165) is 6.07 Å². The quantitative estimate of drug-likeness (QED) is 0.698. The van der Waals surface area contributed by atoms with Gasteiger partial charge in [0.2, 0.25) is 11.8 Å². The summed E-state index contributed by atoms with van der Waals surface area (Å²) in [5.74, 6) is -2.85. The zero-order valence-corrected chi connectivity index (χ0v) is 8.59. The zero-order chi connectivity index (χ0) is 12.6. The second-order valence-electron chi connectivity index (χ2n) is 3.62. The number of benzene rings is 1. The zero-order valence-electron chi connectivity index (χ0n) is 8.59. The Kier molecular flexibility index (Phi) is 2.76. The Morgan fingerprint density at radius 1 is 1.47 bits per heavy atom. The Balaban J connectivity index is 2.33. The Morgan fingerprint density at radius 3 is 2.82 bits per heavy atom. The van der Waals surface area contributed by atoms with Gasteiger partial charge in [-0.25, -0.2) is 8.78 Å². The molecule has 0 radical (unpaired) electrons. The number of halogens is 2. The number of anilines is 1. The molecule has 5 nitrogen and oxygen atoms in total. The third kappa shape index (κ3) is 2.09. The van der Waals surface area contributed by atoms with E-state index in [-0.39, 0.29) is 17.8 Å². The topological polar surface area (TPSA) is 84.2 Å². The van der Waals surface area contributed by atoms with Crippen LogP contribution in [0, 0.1) is 11.6 Å². The molecule has 17 heavy (non-hydrogen) atoms. The molecule has 1 unspecified atom stereocenters. The number of primary amides is 1. The first-order valence-electron chi connectivity index (χ1n) is 4.80. The number of hydrogen-bond acceptors (Lipinski definition) is 3. The van der Waals surface area contributed by atoms with E-state index in [4.69, 9.17) is 5.73 Å². The highest BCUT2D eigenvalue weighted by Crippen LogP contribution is 2.33. The summed E-state index contributed by atoms with van der Waals surface area (Å²) in [6, 6.07) is 0.743. The molecule has 0 fully saturated rings. The van der Waals surface area contributed by atoms with Gasteiger partial charge < -0.3 is 11.1 Å². The van der Waals surface area contributed by atoms with Crippen molar-refractivity contribution in [1.29, 1.82) is 0 Å². The van der Waals surface area contributed by atoms with Gasteiger partial charge in [0, 0.05) is 11.6 Å².